The van der Waals surface area contributed by atoms with E-state index in [1.807, 2.05) is 0 Å². The van der Waals surface area contributed by atoms with Crippen molar-refractivity contribution >= 4 is 21.6 Å². The fourth-order valence-electron chi connectivity index (χ4n) is 1.40. The Balaban J connectivity index is 3.26. The van der Waals surface area contributed by atoms with E-state index < -0.39 is 10.0 Å². The smallest absolute Gasteiger partial charge is 0.243 e. The van der Waals surface area contributed by atoms with Crippen LogP contribution in [0.5, 0.6) is 0 Å². The van der Waals surface area contributed by atoms with Gasteiger partial charge in [0, 0.05) is 18.8 Å². The quantitative estimate of drug-likeness (QED) is 0.612. The van der Waals surface area contributed by atoms with E-state index in [2.05, 4.69) is 11.6 Å². The lowest BCUT2D eigenvalue weighted by Gasteiger charge is -2.24. The van der Waals surface area contributed by atoms with Crippen LogP contribution in [-0.4, -0.2) is 30.3 Å². The van der Waals surface area contributed by atoms with Crippen LogP contribution < -0.4 is 0 Å². The van der Waals surface area contributed by atoms with Gasteiger partial charge in [-0.1, -0.05) is 17.7 Å². The summed E-state index contributed by atoms with van der Waals surface area (Å²) in [6.07, 6.45) is 3.00. The van der Waals surface area contributed by atoms with E-state index in [1.54, 1.807) is 26.0 Å². The fraction of sp³-hybridized carbons (Fsp3) is 0.364. The van der Waals surface area contributed by atoms with Gasteiger partial charge in [-0.05, 0) is 26.0 Å². The molecule has 0 N–H and O–H groups in total. The first-order valence-corrected chi connectivity index (χ1v) is 6.96. The summed E-state index contributed by atoms with van der Waals surface area (Å²) in [5.74, 6) is 0. The molecule has 1 heterocycles. The van der Waals surface area contributed by atoms with Crippen LogP contribution in [0.25, 0.3) is 0 Å². The van der Waals surface area contributed by atoms with E-state index >= 15 is 0 Å². The van der Waals surface area contributed by atoms with Gasteiger partial charge in [0.05, 0.1) is 0 Å². The monoisotopic (exact) mass is 274 g/mol. The lowest BCUT2D eigenvalue weighted by Crippen LogP contribution is -2.37. The molecule has 0 amide bonds. The Bertz CT molecular complexity index is 500. The van der Waals surface area contributed by atoms with Gasteiger partial charge in [-0.3, -0.25) is 0 Å². The molecule has 1 rings (SSSR count). The molecule has 0 spiro atoms. The molecule has 1 aromatic heterocycles. The van der Waals surface area contributed by atoms with Crippen LogP contribution in [0.4, 0.5) is 0 Å². The molecular formula is C11H15ClN2O2S. The van der Waals surface area contributed by atoms with Crippen LogP contribution in [0.2, 0.25) is 5.15 Å². The Kier molecular flexibility index (Phi) is 4.68. The Labute approximate surface area is 107 Å². The first-order chi connectivity index (χ1) is 7.91. The van der Waals surface area contributed by atoms with Crippen molar-refractivity contribution < 1.29 is 8.42 Å². The van der Waals surface area contributed by atoms with Crippen LogP contribution >= 0.6 is 11.6 Å². The molecule has 0 radical (unpaired) electrons. The van der Waals surface area contributed by atoms with Crippen molar-refractivity contribution in [3.63, 3.8) is 0 Å². The van der Waals surface area contributed by atoms with Crippen molar-refractivity contribution in [3.05, 3.63) is 36.1 Å². The fourth-order valence-corrected chi connectivity index (χ4v) is 3.44. The molecule has 0 fully saturated rings. The van der Waals surface area contributed by atoms with Gasteiger partial charge in [0.15, 0.2) is 0 Å². The summed E-state index contributed by atoms with van der Waals surface area (Å²) in [6, 6.07) is 2.82. The Morgan fingerprint density at radius 1 is 1.59 bits per heavy atom. The second kappa shape index (κ2) is 5.62. The number of sulfonamides is 1. The van der Waals surface area contributed by atoms with E-state index in [4.69, 9.17) is 11.6 Å². The highest BCUT2D eigenvalue weighted by Crippen LogP contribution is 2.23. The van der Waals surface area contributed by atoms with Crippen LogP contribution in [0.3, 0.4) is 0 Å². The van der Waals surface area contributed by atoms with E-state index in [1.165, 1.54) is 16.6 Å². The second-order valence-electron chi connectivity index (χ2n) is 3.75. The van der Waals surface area contributed by atoms with E-state index in [0.29, 0.717) is 0 Å². The van der Waals surface area contributed by atoms with Gasteiger partial charge in [-0.2, -0.15) is 4.31 Å². The predicted octanol–water partition coefficient (Wildman–Crippen LogP) is 2.32. The number of hydrogen-bond acceptors (Lipinski definition) is 3. The van der Waals surface area contributed by atoms with Crippen LogP contribution in [-0.2, 0) is 10.0 Å². The molecule has 0 aromatic carbocycles. The predicted molar refractivity (Wildman–Crippen MR) is 68.5 cm³/mol. The number of nitrogens with zero attached hydrogens (tertiary/aromatic N) is 2. The molecule has 17 heavy (non-hydrogen) atoms. The maximum atomic E-state index is 12.3. The van der Waals surface area contributed by atoms with Crippen molar-refractivity contribution in [2.75, 3.05) is 6.54 Å². The molecular weight excluding hydrogens is 260 g/mol. The minimum absolute atomic E-state index is 0.0118. The topological polar surface area (TPSA) is 50.3 Å². The Morgan fingerprint density at radius 2 is 2.24 bits per heavy atom. The van der Waals surface area contributed by atoms with Crippen molar-refractivity contribution in [3.8, 4) is 0 Å². The average Bonchev–Trinajstić information content (AvgIpc) is 2.25. The lowest BCUT2D eigenvalue weighted by molar-refractivity contribution is 0.382. The van der Waals surface area contributed by atoms with Gasteiger partial charge in [0.25, 0.3) is 0 Å². The van der Waals surface area contributed by atoms with Crippen molar-refractivity contribution in [2.45, 2.75) is 24.8 Å². The van der Waals surface area contributed by atoms with Crippen LogP contribution in [0.15, 0.2) is 35.9 Å². The number of pyridine rings is 1. The van der Waals surface area contributed by atoms with Crippen molar-refractivity contribution in [2.24, 2.45) is 0 Å². The minimum atomic E-state index is -3.63. The van der Waals surface area contributed by atoms with Gasteiger partial charge in [-0.25, -0.2) is 13.4 Å². The summed E-state index contributed by atoms with van der Waals surface area (Å²) in [5, 5.41) is -0.0118. The molecule has 4 nitrogen and oxygen atoms in total. The highest BCUT2D eigenvalue weighted by Gasteiger charge is 2.28. The highest BCUT2D eigenvalue weighted by molar-refractivity contribution is 7.89. The van der Waals surface area contributed by atoms with E-state index in [9.17, 15) is 8.42 Å². The second-order valence-corrected chi connectivity index (χ2v) is 5.97. The normalized spacial score (nSPS) is 12.1. The largest absolute Gasteiger partial charge is 0.246 e. The Hall–Kier alpha value is -0.910. The standard InChI is InChI=1S/C11H15ClN2O2S/c1-4-8-14(9(2)3)17(15,16)10-6-5-7-13-11(10)12/h4-7,9H,1,8H2,2-3H3. The zero-order chi connectivity index (χ0) is 13.1. The summed E-state index contributed by atoms with van der Waals surface area (Å²) in [6.45, 7) is 7.39. The molecule has 94 valence electrons. The summed E-state index contributed by atoms with van der Waals surface area (Å²) < 4.78 is 26.0. The van der Waals surface area contributed by atoms with Crippen LogP contribution in [0, 0.1) is 0 Å². The number of aromatic nitrogens is 1. The summed E-state index contributed by atoms with van der Waals surface area (Å²) in [7, 11) is -3.63. The third kappa shape index (κ3) is 3.06. The van der Waals surface area contributed by atoms with Gasteiger partial charge in [0.2, 0.25) is 10.0 Å². The first-order valence-electron chi connectivity index (χ1n) is 5.14. The number of halogens is 1. The van der Waals surface area contributed by atoms with Crippen LogP contribution in [0.1, 0.15) is 13.8 Å². The number of rotatable bonds is 5. The van der Waals surface area contributed by atoms with Gasteiger partial charge in [0.1, 0.15) is 10.0 Å². The van der Waals surface area contributed by atoms with Crippen molar-refractivity contribution in [1.82, 2.24) is 9.29 Å². The van der Waals surface area contributed by atoms with E-state index in [0.717, 1.165) is 0 Å². The van der Waals surface area contributed by atoms with Gasteiger partial charge in [-0.15, -0.1) is 6.58 Å². The average molecular weight is 275 g/mol. The first kappa shape index (κ1) is 14.2. The molecule has 0 bridgehead atoms. The van der Waals surface area contributed by atoms with Gasteiger partial charge >= 0.3 is 0 Å². The van der Waals surface area contributed by atoms with Crippen molar-refractivity contribution in [1.29, 1.82) is 0 Å². The SMILES string of the molecule is C=CCN(C(C)C)S(=O)(=O)c1cccnc1Cl. The molecule has 0 aliphatic heterocycles. The molecule has 0 saturated heterocycles. The molecule has 0 unspecified atom stereocenters. The highest BCUT2D eigenvalue weighted by atomic mass is 35.5. The summed E-state index contributed by atoms with van der Waals surface area (Å²) in [4.78, 5) is 3.81. The molecule has 0 aliphatic carbocycles. The maximum Gasteiger partial charge on any atom is 0.246 e. The maximum absolute atomic E-state index is 12.3. The zero-order valence-corrected chi connectivity index (χ0v) is 11.4. The van der Waals surface area contributed by atoms with Gasteiger partial charge < -0.3 is 0 Å². The summed E-state index contributed by atoms with van der Waals surface area (Å²) in [5.41, 5.74) is 0. The molecule has 6 heteroatoms. The minimum Gasteiger partial charge on any atom is -0.243 e. The molecule has 0 aliphatic rings. The molecule has 0 atom stereocenters. The lowest BCUT2D eigenvalue weighted by atomic mass is 10.4. The third-order valence-corrected chi connectivity index (χ3v) is 4.68. The molecule has 1 aromatic rings. The molecule has 0 saturated carbocycles. The summed E-state index contributed by atoms with van der Waals surface area (Å²) >= 11 is 5.81. The third-order valence-electron chi connectivity index (χ3n) is 2.20. The Morgan fingerprint density at radius 3 is 2.71 bits per heavy atom. The zero-order valence-electron chi connectivity index (χ0n) is 9.80. The number of hydrogen-bond donors (Lipinski definition) is 0. The van der Waals surface area contributed by atoms with E-state index in [-0.39, 0.29) is 22.6 Å².